The minimum absolute atomic E-state index is 0.0262. The molecule has 94 valence electrons. The Labute approximate surface area is 109 Å². The Morgan fingerprint density at radius 1 is 1.44 bits per heavy atom. The van der Waals surface area contributed by atoms with Gasteiger partial charge in [-0.1, -0.05) is 23.7 Å². The number of rotatable bonds is 4. The third kappa shape index (κ3) is 2.46. The van der Waals surface area contributed by atoms with Crippen LogP contribution < -0.4 is 5.73 Å². The molecule has 0 aliphatic heterocycles. The number of hydrogen-bond acceptors (Lipinski definition) is 3. The number of nitrogens with zero attached hydrogens (tertiary/aromatic N) is 2. The van der Waals surface area contributed by atoms with E-state index in [9.17, 15) is 4.79 Å². The number of carboxylic acid groups (broad SMARTS) is 1. The lowest BCUT2D eigenvalue weighted by Gasteiger charge is -2.06. The number of para-hydroxylation sites is 1. The quantitative estimate of drug-likeness (QED) is 0.887. The zero-order valence-corrected chi connectivity index (χ0v) is 10.3. The molecule has 0 spiro atoms. The number of halogens is 1. The number of aromatic nitrogens is 2. The molecule has 1 aromatic carbocycles. The lowest BCUT2D eigenvalue weighted by molar-refractivity contribution is -0.136. The first-order valence-electron chi connectivity index (χ1n) is 5.38. The monoisotopic (exact) mass is 265 g/mol. The first-order valence-corrected chi connectivity index (χ1v) is 5.76. The number of anilines is 1. The third-order valence-electron chi connectivity index (χ3n) is 2.58. The standard InChI is InChI=1S/C12H12ClN3O2/c13-9-3-1-2-4-10(9)16-12(14)8(7-15-16)5-6-11(17)18/h1-4,7H,5-6,14H2,(H,17,18). The SMILES string of the molecule is Nc1c(CCC(=O)O)cnn1-c1ccccc1Cl. The lowest BCUT2D eigenvalue weighted by atomic mass is 10.2. The molecule has 0 amide bonds. The van der Waals surface area contributed by atoms with E-state index in [-0.39, 0.29) is 6.42 Å². The van der Waals surface area contributed by atoms with E-state index in [1.54, 1.807) is 18.3 Å². The number of carboxylic acids is 1. The molecule has 0 aliphatic rings. The molecule has 0 saturated carbocycles. The highest BCUT2D eigenvalue weighted by molar-refractivity contribution is 6.32. The maximum Gasteiger partial charge on any atom is 0.303 e. The Kier molecular flexibility index (Phi) is 3.53. The van der Waals surface area contributed by atoms with Gasteiger partial charge in [-0.3, -0.25) is 4.79 Å². The summed E-state index contributed by atoms with van der Waals surface area (Å²) >= 11 is 6.06. The van der Waals surface area contributed by atoms with Crippen molar-refractivity contribution in [3.05, 3.63) is 41.0 Å². The number of aryl methyl sites for hydroxylation is 1. The second-order valence-corrected chi connectivity index (χ2v) is 4.22. The number of carbonyl (C=O) groups is 1. The molecule has 0 unspecified atom stereocenters. The molecule has 0 aliphatic carbocycles. The number of nitrogen functional groups attached to an aromatic ring is 1. The van der Waals surface area contributed by atoms with Crippen LogP contribution in [-0.4, -0.2) is 20.9 Å². The molecule has 0 fully saturated rings. The summed E-state index contributed by atoms with van der Waals surface area (Å²) in [6, 6.07) is 7.19. The molecule has 3 N–H and O–H groups in total. The summed E-state index contributed by atoms with van der Waals surface area (Å²) in [6.45, 7) is 0. The van der Waals surface area contributed by atoms with Gasteiger partial charge in [0.25, 0.3) is 0 Å². The van der Waals surface area contributed by atoms with E-state index >= 15 is 0 Å². The highest BCUT2D eigenvalue weighted by atomic mass is 35.5. The summed E-state index contributed by atoms with van der Waals surface area (Å²) in [7, 11) is 0. The van der Waals surface area contributed by atoms with E-state index in [0.717, 1.165) is 0 Å². The van der Waals surface area contributed by atoms with Crippen molar-refractivity contribution in [2.24, 2.45) is 0 Å². The normalized spacial score (nSPS) is 10.5. The van der Waals surface area contributed by atoms with E-state index in [1.807, 2.05) is 12.1 Å². The molecule has 1 heterocycles. The summed E-state index contributed by atoms with van der Waals surface area (Å²) in [6.07, 6.45) is 1.95. The van der Waals surface area contributed by atoms with Crippen LogP contribution in [0.3, 0.4) is 0 Å². The molecule has 0 bridgehead atoms. The Morgan fingerprint density at radius 3 is 2.83 bits per heavy atom. The number of hydrogen-bond donors (Lipinski definition) is 2. The molecule has 0 radical (unpaired) electrons. The van der Waals surface area contributed by atoms with Crippen molar-refractivity contribution in [1.82, 2.24) is 9.78 Å². The largest absolute Gasteiger partial charge is 0.481 e. The lowest BCUT2D eigenvalue weighted by Crippen LogP contribution is -2.04. The van der Waals surface area contributed by atoms with Crippen LogP contribution in [0.1, 0.15) is 12.0 Å². The fourth-order valence-corrected chi connectivity index (χ4v) is 1.86. The first kappa shape index (κ1) is 12.4. The van der Waals surface area contributed by atoms with Crippen molar-refractivity contribution >= 4 is 23.4 Å². The van der Waals surface area contributed by atoms with Gasteiger partial charge in [0.2, 0.25) is 0 Å². The van der Waals surface area contributed by atoms with Gasteiger partial charge in [-0.05, 0) is 18.6 Å². The molecule has 6 heteroatoms. The molecule has 18 heavy (non-hydrogen) atoms. The van der Waals surface area contributed by atoms with Crippen LogP contribution in [-0.2, 0) is 11.2 Å². The molecule has 2 aromatic rings. The van der Waals surface area contributed by atoms with Gasteiger partial charge < -0.3 is 10.8 Å². The molecular formula is C12H12ClN3O2. The van der Waals surface area contributed by atoms with Gasteiger partial charge in [0.1, 0.15) is 5.82 Å². The van der Waals surface area contributed by atoms with Gasteiger partial charge in [-0.15, -0.1) is 0 Å². The van der Waals surface area contributed by atoms with Crippen molar-refractivity contribution in [3.63, 3.8) is 0 Å². The van der Waals surface area contributed by atoms with Crippen LogP contribution in [0.2, 0.25) is 5.02 Å². The minimum atomic E-state index is -0.861. The summed E-state index contributed by atoms with van der Waals surface area (Å²) in [5, 5.41) is 13.3. The van der Waals surface area contributed by atoms with Gasteiger partial charge >= 0.3 is 5.97 Å². The predicted octanol–water partition coefficient (Wildman–Crippen LogP) is 2.13. The molecule has 0 atom stereocenters. The molecule has 5 nitrogen and oxygen atoms in total. The topological polar surface area (TPSA) is 81.1 Å². The Balaban J connectivity index is 2.31. The maximum atomic E-state index is 10.5. The summed E-state index contributed by atoms with van der Waals surface area (Å²) in [4.78, 5) is 10.5. The molecular weight excluding hydrogens is 254 g/mol. The van der Waals surface area contributed by atoms with Crippen molar-refractivity contribution in [2.75, 3.05) is 5.73 Å². The Hall–Kier alpha value is -2.01. The van der Waals surface area contributed by atoms with Gasteiger partial charge in [0.15, 0.2) is 0 Å². The average Bonchev–Trinajstić information content (AvgIpc) is 2.69. The van der Waals surface area contributed by atoms with Crippen LogP contribution >= 0.6 is 11.6 Å². The van der Waals surface area contributed by atoms with Crippen LogP contribution in [0.4, 0.5) is 5.82 Å². The highest BCUT2D eigenvalue weighted by Crippen LogP contribution is 2.24. The van der Waals surface area contributed by atoms with Crippen LogP contribution in [0, 0.1) is 0 Å². The van der Waals surface area contributed by atoms with Crippen LogP contribution in [0.15, 0.2) is 30.5 Å². The number of aliphatic carboxylic acids is 1. The van der Waals surface area contributed by atoms with Crippen molar-refractivity contribution in [1.29, 1.82) is 0 Å². The smallest absolute Gasteiger partial charge is 0.303 e. The fraction of sp³-hybridized carbons (Fsp3) is 0.167. The molecule has 2 rings (SSSR count). The van der Waals surface area contributed by atoms with Crippen LogP contribution in [0.5, 0.6) is 0 Å². The number of nitrogens with two attached hydrogens (primary N) is 1. The zero-order valence-electron chi connectivity index (χ0n) is 9.51. The summed E-state index contributed by atoms with van der Waals surface area (Å²) < 4.78 is 1.51. The Bertz CT molecular complexity index is 580. The molecule has 1 aromatic heterocycles. The van der Waals surface area contributed by atoms with E-state index in [4.69, 9.17) is 22.4 Å². The second-order valence-electron chi connectivity index (χ2n) is 3.81. The predicted molar refractivity (Wildman–Crippen MR) is 68.9 cm³/mol. The van der Waals surface area contributed by atoms with Gasteiger partial charge in [-0.25, -0.2) is 4.68 Å². The third-order valence-corrected chi connectivity index (χ3v) is 2.89. The van der Waals surface area contributed by atoms with Crippen LogP contribution in [0.25, 0.3) is 5.69 Å². The maximum absolute atomic E-state index is 10.5. The average molecular weight is 266 g/mol. The summed E-state index contributed by atoms with van der Waals surface area (Å²) in [5.41, 5.74) is 7.32. The first-order chi connectivity index (χ1) is 8.59. The van der Waals surface area contributed by atoms with Crippen molar-refractivity contribution in [2.45, 2.75) is 12.8 Å². The van der Waals surface area contributed by atoms with Gasteiger partial charge in [0.05, 0.1) is 16.9 Å². The minimum Gasteiger partial charge on any atom is -0.481 e. The van der Waals surface area contributed by atoms with E-state index < -0.39 is 5.97 Å². The number of benzene rings is 1. The van der Waals surface area contributed by atoms with E-state index in [2.05, 4.69) is 5.10 Å². The molecule has 0 saturated heterocycles. The van der Waals surface area contributed by atoms with E-state index in [1.165, 1.54) is 4.68 Å². The van der Waals surface area contributed by atoms with Gasteiger partial charge in [-0.2, -0.15) is 5.10 Å². The Morgan fingerprint density at radius 2 is 2.17 bits per heavy atom. The highest BCUT2D eigenvalue weighted by Gasteiger charge is 2.12. The van der Waals surface area contributed by atoms with E-state index in [0.29, 0.717) is 28.5 Å². The summed E-state index contributed by atoms with van der Waals surface area (Å²) in [5.74, 6) is -0.441. The van der Waals surface area contributed by atoms with Gasteiger partial charge in [0, 0.05) is 12.0 Å². The fourth-order valence-electron chi connectivity index (χ4n) is 1.64. The van der Waals surface area contributed by atoms with Crippen molar-refractivity contribution in [3.8, 4) is 5.69 Å². The van der Waals surface area contributed by atoms with Crippen molar-refractivity contribution < 1.29 is 9.90 Å². The zero-order chi connectivity index (χ0) is 13.1. The second kappa shape index (κ2) is 5.10.